The summed E-state index contributed by atoms with van der Waals surface area (Å²) in [5, 5.41) is 7.66. The van der Waals surface area contributed by atoms with Crippen molar-refractivity contribution in [2.75, 3.05) is 14.2 Å². The number of methoxy groups -OCH3 is 1. The van der Waals surface area contributed by atoms with Crippen LogP contribution in [0.15, 0.2) is 24.9 Å². The molecule has 0 aliphatic rings. The van der Waals surface area contributed by atoms with E-state index in [1.165, 1.54) is 6.33 Å². The maximum absolute atomic E-state index is 5.42. The third-order valence-electron chi connectivity index (χ3n) is 2.98. The summed E-state index contributed by atoms with van der Waals surface area (Å²) in [5.74, 6) is 0.761. The van der Waals surface area contributed by atoms with Gasteiger partial charge < -0.3 is 10.1 Å². The van der Waals surface area contributed by atoms with Gasteiger partial charge in [0.05, 0.1) is 19.3 Å². The second kappa shape index (κ2) is 5.79. The van der Waals surface area contributed by atoms with Crippen LogP contribution in [0.5, 0.6) is 5.75 Å². The van der Waals surface area contributed by atoms with Gasteiger partial charge in [-0.2, -0.15) is 5.10 Å². The van der Waals surface area contributed by atoms with E-state index < -0.39 is 0 Å². The third kappa shape index (κ3) is 2.58. The third-order valence-corrected chi connectivity index (χ3v) is 2.98. The van der Waals surface area contributed by atoms with Crippen molar-refractivity contribution in [2.45, 2.75) is 25.9 Å². The predicted octanol–water partition coefficient (Wildman–Crippen LogP) is 1.57. The molecule has 6 nitrogen and oxygen atoms in total. The van der Waals surface area contributed by atoms with E-state index in [2.05, 4.69) is 34.2 Å². The van der Waals surface area contributed by atoms with Gasteiger partial charge in [0.25, 0.3) is 0 Å². The molecule has 1 unspecified atom stereocenters. The van der Waals surface area contributed by atoms with E-state index in [0.29, 0.717) is 0 Å². The Hall–Kier alpha value is -1.95. The first-order chi connectivity index (χ1) is 9.19. The lowest BCUT2D eigenvalue weighted by Crippen LogP contribution is -2.23. The van der Waals surface area contributed by atoms with Gasteiger partial charge in [0, 0.05) is 24.0 Å². The Morgan fingerprint density at radius 1 is 1.21 bits per heavy atom. The minimum atomic E-state index is -0.0546. The van der Waals surface area contributed by atoms with Gasteiger partial charge in [-0.3, -0.25) is 4.68 Å². The lowest BCUT2D eigenvalue weighted by atomic mass is 10.1. The molecular weight excluding hydrogens is 242 g/mol. The number of ether oxygens (including phenoxy) is 1. The quantitative estimate of drug-likeness (QED) is 0.885. The maximum Gasteiger partial charge on any atom is 0.161 e. The topological polar surface area (TPSA) is 64.9 Å². The van der Waals surface area contributed by atoms with Crippen molar-refractivity contribution >= 4 is 0 Å². The highest BCUT2D eigenvalue weighted by Crippen LogP contribution is 2.30. The molecule has 0 saturated carbocycles. The molecule has 2 aromatic heterocycles. The molecule has 2 aromatic rings. The fourth-order valence-corrected chi connectivity index (χ4v) is 2.12. The molecule has 0 radical (unpaired) electrons. The largest absolute Gasteiger partial charge is 0.493 e. The van der Waals surface area contributed by atoms with Crippen LogP contribution in [-0.4, -0.2) is 33.9 Å². The summed E-state index contributed by atoms with van der Waals surface area (Å²) in [6, 6.07) is 0.195. The first-order valence-electron chi connectivity index (χ1n) is 6.22. The predicted molar refractivity (Wildman–Crippen MR) is 72.1 cm³/mol. The number of hydrogen-bond acceptors (Lipinski definition) is 5. The lowest BCUT2D eigenvalue weighted by molar-refractivity contribution is 0.396. The van der Waals surface area contributed by atoms with Crippen LogP contribution in [0.4, 0.5) is 0 Å². The molecule has 0 saturated heterocycles. The fraction of sp³-hybridized carbons (Fsp3) is 0.462. The van der Waals surface area contributed by atoms with Gasteiger partial charge >= 0.3 is 0 Å². The number of rotatable bonds is 5. The van der Waals surface area contributed by atoms with E-state index in [1.807, 2.05) is 11.7 Å². The molecule has 19 heavy (non-hydrogen) atoms. The Bertz CT molecular complexity index is 523. The zero-order chi connectivity index (χ0) is 13.8. The zero-order valence-electron chi connectivity index (χ0n) is 11.7. The van der Waals surface area contributed by atoms with Crippen LogP contribution in [0.25, 0.3) is 0 Å². The van der Waals surface area contributed by atoms with Crippen LogP contribution >= 0.6 is 0 Å². The Morgan fingerprint density at radius 3 is 2.42 bits per heavy atom. The van der Waals surface area contributed by atoms with E-state index in [4.69, 9.17) is 4.74 Å². The Labute approximate surface area is 112 Å². The van der Waals surface area contributed by atoms with E-state index in [-0.39, 0.29) is 12.1 Å². The highest BCUT2D eigenvalue weighted by atomic mass is 16.5. The van der Waals surface area contributed by atoms with Crippen LogP contribution in [0.2, 0.25) is 0 Å². The molecule has 1 atom stereocenters. The van der Waals surface area contributed by atoms with Crippen LogP contribution in [0.3, 0.4) is 0 Å². The zero-order valence-corrected chi connectivity index (χ0v) is 11.7. The average Bonchev–Trinajstić information content (AvgIpc) is 2.85. The van der Waals surface area contributed by atoms with Gasteiger partial charge in [-0.25, -0.2) is 9.97 Å². The molecule has 2 rings (SSSR count). The van der Waals surface area contributed by atoms with Gasteiger partial charge in [0.2, 0.25) is 0 Å². The molecule has 0 aliphatic heterocycles. The molecular formula is C13H19N5O. The number of nitrogens with zero attached hydrogens (tertiary/aromatic N) is 4. The SMILES string of the molecule is CNC(c1cncnc1)c1c(OC)cnn1C(C)C. The molecule has 0 spiro atoms. The minimum absolute atomic E-state index is 0.0546. The van der Waals surface area contributed by atoms with Crippen molar-refractivity contribution in [1.82, 2.24) is 25.1 Å². The Morgan fingerprint density at radius 2 is 1.89 bits per heavy atom. The maximum atomic E-state index is 5.42. The van der Waals surface area contributed by atoms with Gasteiger partial charge in [0.1, 0.15) is 12.0 Å². The summed E-state index contributed by atoms with van der Waals surface area (Å²) in [5.41, 5.74) is 1.96. The monoisotopic (exact) mass is 261 g/mol. The minimum Gasteiger partial charge on any atom is -0.493 e. The summed E-state index contributed by atoms with van der Waals surface area (Å²) in [6.45, 7) is 4.17. The van der Waals surface area contributed by atoms with Crippen LogP contribution in [-0.2, 0) is 0 Å². The lowest BCUT2D eigenvalue weighted by Gasteiger charge is -2.20. The number of hydrogen-bond donors (Lipinski definition) is 1. The van der Waals surface area contributed by atoms with Crippen LogP contribution in [0.1, 0.15) is 37.2 Å². The summed E-state index contributed by atoms with van der Waals surface area (Å²) < 4.78 is 7.37. The van der Waals surface area contributed by atoms with Gasteiger partial charge in [0.15, 0.2) is 5.75 Å². The van der Waals surface area contributed by atoms with Crippen LogP contribution in [0, 0.1) is 0 Å². The average molecular weight is 261 g/mol. The smallest absolute Gasteiger partial charge is 0.161 e. The molecule has 102 valence electrons. The summed E-state index contributed by atoms with van der Waals surface area (Å²) in [6.07, 6.45) is 6.85. The highest BCUT2D eigenvalue weighted by Gasteiger charge is 2.23. The van der Waals surface area contributed by atoms with E-state index >= 15 is 0 Å². The second-order valence-electron chi connectivity index (χ2n) is 4.53. The standard InChI is InChI=1S/C13H19N5O/c1-9(2)18-13(11(19-4)7-17-18)12(14-3)10-5-15-8-16-6-10/h5-9,12,14H,1-4H3. The van der Waals surface area contributed by atoms with Gasteiger partial charge in [-0.15, -0.1) is 0 Å². The molecule has 2 heterocycles. The van der Waals surface area contributed by atoms with Crippen molar-refractivity contribution in [3.8, 4) is 5.75 Å². The number of nitrogens with one attached hydrogen (secondary N) is 1. The van der Waals surface area contributed by atoms with E-state index in [0.717, 1.165) is 17.0 Å². The molecule has 0 bridgehead atoms. The first-order valence-corrected chi connectivity index (χ1v) is 6.22. The molecule has 0 aromatic carbocycles. The first kappa shape index (κ1) is 13.5. The summed E-state index contributed by atoms with van der Waals surface area (Å²) >= 11 is 0. The fourth-order valence-electron chi connectivity index (χ4n) is 2.12. The van der Waals surface area contributed by atoms with Crippen molar-refractivity contribution in [1.29, 1.82) is 0 Å². The highest BCUT2D eigenvalue weighted by molar-refractivity contribution is 5.35. The molecule has 0 amide bonds. The Balaban J connectivity index is 2.51. The van der Waals surface area contributed by atoms with Crippen molar-refractivity contribution in [3.63, 3.8) is 0 Å². The summed E-state index contributed by atoms with van der Waals surface area (Å²) in [4.78, 5) is 8.14. The van der Waals surface area contributed by atoms with Crippen molar-refractivity contribution in [3.05, 3.63) is 36.2 Å². The van der Waals surface area contributed by atoms with Crippen molar-refractivity contribution < 1.29 is 4.74 Å². The van der Waals surface area contributed by atoms with Gasteiger partial charge in [-0.1, -0.05) is 0 Å². The van der Waals surface area contributed by atoms with E-state index in [9.17, 15) is 0 Å². The van der Waals surface area contributed by atoms with Gasteiger partial charge in [-0.05, 0) is 20.9 Å². The molecule has 0 fully saturated rings. The van der Waals surface area contributed by atoms with E-state index in [1.54, 1.807) is 25.7 Å². The van der Waals surface area contributed by atoms with Crippen LogP contribution < -0.4 is 10.1 Å². The molecule has 6 heteroatoms. The second-order valence-corrected chi connectivity index (χ2v) is 4.53. The summed E-state index contributed by atoms with van der Waals surface area (Å²) in [7, 11) is 3.55. The molecule has 1 N–H and O–H groups in total. The van der Waals surface area contributed by atoms with Crippen molar-refractivity contribution in [2.24, 2.45) is 0 Å². The number of aromatic nitrogens is 4. The normalized spacial score (nSPS) is 12.7. The Kier molecular flexibility index (Phi) is 4.11. The molecule has 0 aliphatic carbocycles.